The monoisotopic (exact) mass is 333 g/mol. The summed E-state index contributed by atoms with van der Waals surface area (Å²) in [6.45, 7) is 2.72. The van der Waals surface area contributed by atoms with Gasteiger partial charge >= 0.3 is 5.97 Å². The van der Waals surface area contributed by atoms with E-state index in [4.69, 9.17) is 4.74 Å². The highest BCUT2D eigenvalue weighted by Crippen LogP contribution is 2.19. The SMILES string of the molecule is CCOC(=O)/C(=C/c1cccnc1)c1nccn1Cc1ccccc1. The number of rotatable bonds is 6. The third-order valence-corrected chi connectivity index (χ3v) is 3.64. The van der Waals surface area contributed by atoms with Crippen molar-refractivity contribution in [2.45, 2.75) is 13.5 Å². The Morgan fingerprint density at radius 3 is 2.72 bits per heavy atom. The zero-order valence-electron chi connectivity index (χ0n) is 14.0. The summed E-state index contributed by atoms with van der Waals surface area (Å²) in [5, 5.41) is 0. The van der Waals surface area contributed by atoms with Crippen molar-refractivity contribution in [2.75, 3.05) is 6.61 Å². The summed E-state index contributed by atoms with van der Waals surface area (Å²) >= 11 is 0. The van der Waals surface area contributed by atoms with Crippen molar-refractivity contribution in [3.8, 4) is 0 Å². The standard InChI is InChI=1S/C20H19N3O2/c1-2-25-20(24)18(13-17-9-6-10-21-14-17)19-22-11-12-23(19)15-16-7-4-3-5-8-16/h3-14H,2,15H2,1H3/b18-13+. The van der Waals surface area contributed by atoms with Crippen LogP contribution in [0.4, 0.5) is 0 Å². The highest BCUT2D eigenvalue weighted by atomic mass is 16.5. The number of esters is 1. The van der Waals surface area contributed by atoms with Gasteiger partial charge in [-0.2, -0.15) is 0 Å². The van der Waals surface area contributed by atoms with Gasteiger partial charge in [-0.3, -0.25) is 4.98 Å². The van der Waals surface area contributed by atoms with Crippen molar-refractivity contribution in [3.05, 3.63) is 84.2 Å². The molecule has 5 heteroatoms. The van der Waals surface area contributed by atoms with E-state index in [1.807, 2.05) is 53.2 Å². The minimum absolute atomic E-state index is 0.308. The van der Waals surface area contributed by atoms with E-state index in [0.717, 1.165) is 11.1 Å². The van der Waals surface area contributed by atoms with Gasteiger partial charge in [-0.05, 0) is 30.2 Å². The number of aromatic nitrogens is 3. The number of benzene rings is 1. The minimum Gasteiger partial charge on any atom is -0.462 e. The zero-order chi connectivity index (χ0) is 17.5. The maximum Gasteiger partial charge on any atom is 0.341 e. The third-order valence-electron chi connectivity index (χ3n) is 3.64. The van der Waals surface area contributed by atoms with Gasteiger partial charge in [0.05, 0.1) is 6.61 Å². The van der Waals surface area contributed by atoms with Crippen LogP contribution >= 0.6 is 0 Å². The first-order chi connectivity index (χ1) is 12.3. The molecule has 0 aliphatic rings. The Labute approximate surface area is 146 Å². The summed E-state index contributed by atoms with van der Waals surface area (Å²) in [4.78, 5) is 21.0. The molecular formula is C20H19N3O2. The molecule has 0 amide bonds. The van der Waals surface area contributed by atoms with E-state index in [1.54, 1.807) is 31.6 Å². The first-order valence-corrected chi connectivity index (χ1v) is 8.12. The van der Waals surface area contributed by atoms with E-state index in [0.29, 0.717) is 24.5 Å². The number of hydrogen-bond donors (Lipinski definition) is 0. The maximum absolute atomic E-state index is 12.5. The van der Waals surface area contributed by atoms with Crippen LogP contribution in [0, 0.1) is 0 Å². The van der Waals surface area contributed by atoms with Crippen molar-refractivity contribution in [1.82, 2.24) is 14.5 Å². The molecule has 0 fully saturated rings. The van der Waals surface area contributed by atoms with Crippen LogP contribution in [-0.2, 0) is 16.1 Å². The van der Waals surface area contributed by atoms with Crippen molar-refractivity contribution in [1.29, 1.82) is 0 Å². The molecule has 2 heterocycles. The normalized spacial score (nSPS) is 11.3. The van der Waals surface area contributed by atoms with Crippen LogP contribution in [0.5, 0.6) is 0 Å². The number of pyridine rings is 1. The van der Waals surface area contributed by atoms with Gasteiger partial charge in [-0.15, -0.1) is 0 Å². The Morgan fingerprint density at radius 1 is 1.16 bits per heavy atom. The fraction of sp³-hybridized carbons (Fsp3) is 0.150. The number of carbonyl (C=O) groups excluding carboxylic acids is 1. The van der Waals surface area contributed by atoms with Gasteiger partial charge in [-0.1, -0.05) is 36.4 Å². The summed E-state index contributed by atoms with van der Waals surface area (Å²) < 4.78 is 7.16. The lowest BCUT2D eigenvalue weighted by atomic mass is 10.1. The number of hydrogen-bond acceptors (Lipinski definition) is 4. The zero-order valence-corrected chi connectivity index (χ0v) is 14.0. The molecular weight excluding hydrogens is 314 g/mol. The van der Waals surface area contributed by atoms with Crippen LogP contribution in [-0.4, -0.2) is 27.1 Å². The molecule has 25 heavy (non-hydrogen) atoms. The number of nitrogens with zero attached hydrogens (tertiary/aromatic N) is 3. The molecule has 5 nitrogen and oxygen atoms in total. The first-order valence-electron chi connectivity index (χ1n) is 8.12. The molecule has 0 spiro atoms. The molecule has 2 aromatic heterocycles. The molecule has 3 rings (SSSR count). The van der Waals surface area contributed by atoms with Crippen LogP contribution < -0.4 is 0 Å². The van der Waals surface area contributed by atoms with E-state index < -0.39 is 5.97 Å². The van der Waals surface area contributed by atoms with Crippen molar-refractivity contribution in [2.24, 2.45) is 0 Å². The largest absolute Gasteiger partial charge is 0.462 e. The second kappa shape index (κ2) is 8.06. The van der Waals surface area contributed by atoms with Crippen LogP contribution in [0.3, 0.4) is 0 Å². The lowest BCUT2D eigenvalue weighted by molar-refractivity contribution is -0.136. The van der Waals surface area contributed by atoms with Crippen molar-refractivity contribution < 1.29 is 9.53 Å². The molecule has 0 unspecified atom stereocenters. The second-order valence-electron chi connectivity index (χ2n) is 5.43. The molecule has 1 aromatic carbocycles. The smallest absolute Gasteiger partial charge is 0.341 e. The van der Waals surface area contributed by atoms with E-state index in [-0.39, 0.29) is 0 Å². The van der Waals surface area contributed by atoms with Crippen LogP contribution in [0.15, 0.2) is 67.3 Å². The Kier molecular flexibility index (Phi) is 5.36. The third kappa shape index (κ3) is 4.20. The number of ether oxygens (including phenoxy) is 1. The fourth-order valence-corrected chi connectivity index (χ4v) is 2.51. The topological polar surface area (TPSA) is 57.0 Å². The molecule has 0 bridgehead atoms. The summed E-state index contributed by atoms with van der Waals surface area (Å²) in [7, 11) is 0. The molecule has 0 saturated carbocycles. The predicted octanol–water partition coefficient (Wildman–Crippen LogP) is 3.43. The second-order valence-corrected chi connectivity index (χ2v) is 5.43. The quantitative estimate of drug-likeness (QED) is 0.512. The van der Waals surface area contributed by atoms with E-state index in [9.17, 15) is 4.79 Å². The molecule has 0 aliphatic carbocycles. The molecule has 0 radical (unpaired) electrons. The van der Waals surface area contributed by atoms with Crippen LogP contribution in [0.25, 0.3) is 11.6 Å². The lowest BCUT2D eigenvalue weighted by Gasteiger charge is -2.11. The van der Waals surface area contributed by atoms with Gasteiger partial charge in [-0.25, -0.2) is 9.78 Å². The molecule has 0 saturated heterocycles. The van der Waals surface area contributed by atoms with Crippen molar-refractivity contribution >= 4 is 17.6 Å². The van der Waals surface area contributed by atoms with Crippen LogP contribution in [0.1, 0.15) is 23.9 Å². The minimum atomic E-state index is -0.396. The highest BCUT2D eigenvalue weighted by molar-refractivity contribution is 6.20. The molecule has 0 aliphatic heterocycles. The molecule has 0 N–H and O–H groups in total. The first kappa shape index (κ1) is 16.6. The van der Waals surface area contributed by atoms with E-state index in [2.05, 4.69) is 9.97 Å². The summed E-state index contributed by atoms with van der Waals surface area (Å²) in [5.74, 6) is 0.179. The maximum atomic E-state index is 12.5. The Balaban J connectivity index is 1.98. The summed E-state index contributed by atoms with van der Waals surface area (Å²) in [6, 6.07) is 13.7. The molecule has 0 atom stereocenters. The lowest BCUT2D eigenvalue weighted by Crippen LogP contribution is -2.12. The molecule has 126 valence electrons. The fourth-order valence-electron chi connectivity index (χ4n) is 2.51. The number of carbonyl (C=O) groups is 1. The van der Waals surface area contributed by atoms with Gasteiger partial charge in [0, 0.05) is 31.3 Å². The predicted molar refractivity (Wildman–Crippen MR) is 96.5 cm³/mol. The number of imidazole rings is 1. The van der Waals surface area contributed by atoms with Gasteiger partial charge in [0.2, 0.25) is 0 Å². The van der Waals surface area contributed by atoms with E-state index in [1.165, 1.54) is 0 Å². The van der Waals surface area contributed by atoms with E-state index >= 15 is 0 Å². The van der Waals surface area contributed by atoms with Gasteiger partial charge in [0.1, 0.15) is 11.4 Å². The Hall–Kier alpha value is -3.21. The molecule has 3 aromatic rings. The Morgan fingerprint density at radius 2 is 2.00 bits per heavy atom. The summed E-state index contributed by atoms with van der Waals surface area (Å²) in [5.41, 5.74) is 2.36. The summed E-state index contributed by atoms with van der Waals surface area (Å²) in [6.07, 6.45) is 8.70. The highest BCUT2D eigenvalue weighted by Gasteiger charge is 2.18. The van der Waals surface area contributed by atoms with Gasteiger partial charge < -0.3 is 9.30 Å². The van der Waals surface area contributed by atoms with Crippen molar-refractivity contribution in [3.63, 3.8) is 0 Å². The Bertz CT molecular complexity index is 855. The van der Waals surface area contributed by atoms with Gasteiger partial charge in [0.25, 0.3) is 0 Å². The average Bonchev–Trinajstić information content (AvgIpc) is 3.09. The average molecular weight is 333 g/mol. The van der Waals surface area contributed by atoms with Crippen LogP contribution in [0.2, 0.25) is 0 Å². The van der Waals surface area contributed by atoms with Gasteiger partial charge in [0.15, 0.2) is 0 Å².